The minimum atomic E-state index is -3.40. The van der Waals surface area contributed by atoms with Gasteiger partial charge in [-0.3, -0.25) is 0 Å². The van der Waals surface area contributed by atoms with Gasteiger partial charge in [-0.1, -0.05) is 6.07 Å². The normalized spacial score (nSPS) is 14.0. The van der Waals surface area contributed by atoms with Crippen LogP contribution < -0.4 is 10.5 Å². The number of hydrogen-bond acceptors (Lipinski definition) is 4. The van der Waals surface area contributed by atoms with Crippen molar-refractivity contribution in [3.63, 3.8) is 0 Å². The SMILES string of the molecule is CC(Cc1cccs1)NS(=O)(=O)N(C)CCCN. The molecule has 1 aromatic rings. The van der Waals surface area contributed by atoms with Crippen molar-refractivity contribution in [3.8, 4) is 0 Å². The third-order valence-electron chi connectivity index (χ3n) is 2.53. The van der Waals surface area contributed by atoms with Crippen molar-refractivity contribution in [1.82, 2.24) is 9.03 Å². The fourth-order valence-electron chi connectivity index (χ4n) is 1.55. The molecule has 0 saturated carbocycles. The van der Waals surface area contributed by atoms with E-state index in [0.29, 0.717) is 25.9 Å². The monoisotopic (exact) mass is 291 g/mol. The predicted molar refractivity (Wildman–Crippen MR) is 75.8 cm³/mol. The van der Waals surface area contributed by atoms with Gasteiger partial charge < -0.3 is 5.73 Å². The highest BCUT2D eigenvalue weighted by atomic mass is 32.2. The molecule has 0 bridgehead atoms. The highest BCUT2D eigenvalue weighted by molar-refractivity contribution is 7.87. The molecule has 1 aromatic heterocycles. The van der Waals surface area contributed by atoms with Gasteiger partial charge in [0.15, 0.2) is 0 Å². The first kappa shape index (κ1) is 15.6. The summed E-state index contributed by atoms with van der Waals surface area (Å²) < 4.78 is 27.9. The summed E-state index contributed by atoms with van der Waals surface area (Å²) in [5, 5.41) is 1.99. The van der Waals surface area contributed by atoms with E-state index in [1.54, 1.807) is 18.4 Å². The van der Waals surface area contributed by atoms with Gasteiger partial charge in [0.1, 0.15) is 0 Å². The quantitative estimate of drug-likeness (QED) is 0.743. The summed E-state index contributed by atoms with van der Waals surface area (Å²) in [4.78, 5) is 1.18. The molecular weight excluding hydrogens is 270 g/mol. The van der Waals surface area contributed by atoms with Crippen molar-refractivity contribution < 1.29 is 8.42 Å². The molecule has 7 heteroatoms. The van der Waals surface area contributed by atoms with Crippen molar-refractivity contribution in [2.24, 2.45) is 5.73 Å². The number of nitrogens with two attached hydrogens (primary N) is 1. The third kappa shape index (κ3) is 5.03. The van der Waals surface area contributed by atoms with Gasteiger partial charge in [0.05, 0.1) is 0 Å². The fourth-order valence-corrected chi connectivity index (χ4v) is 3.53. The second-order valence-electron chi connectivity index (χ2n) is 4.27. The average Bonchev–Trinajstić information content (AvgIpc) is 2.77. The summed E-state index contributed by atoms with van der Waals surface area (Å²) in [6, 6.07) is 3.86. The van der Waals surface area contributed by atoms with Crippen LogP contribution in [0.2, 0.25) is 0 Å². The van der Waals surface area contributed by atoms with Gasteiger partial charge in [-0.2, -0.15) is 17.4 Å². The van der Waals surface area contributed by atoms with Crippen molar-refractivity contribution >= 4 is 21.5 Å². The first-order valence-corrected chi connectivity index (χ1v) is 8.23. The zero-order valence-corrected chi connectivity index (χ0v) is 12.4. The minimum Gasteiger partial charge on any atom is -0.330 e. The van der Waals surface area contributed by atoms with Crippen LogP contribution in [0.5, 0.6) is 0 Å². The van der Waals surface area contributed by atoms with Crippen LogP contribution in [0.3, 0.4) is 0 Å². The van der Waals surface area contributed by atoms with E-state index in [4.69, 9.17) is 5.73 Å². The molecule has 0 amide bonds. The van der Waals surface area contributed by atoms with Gasteiger partial charge in [0, 0.05) is 24.5 Å². The minimum absolute atomic E-state index is 0.117. The predicted octanol–water partition coefficient (Wildman–Crippen LogP) is 0.794. The van der Waals surface area contributed by atoms with Crippen LogP contribution >= 0.6 is 11.3 Å². The molecule has 1 heterocycles. The van der Waals surface area contributed by atoms with Crippen molar-refractivity contribution in [1.29, 1.82) is 0 Å². The van der Waals surface area contributed by atoms with E-state index in [1.165, 1.54) is 9.18 Å². The smallest absolute Gasteiger partial charge is 0.279 e. The number of hydrogen-bond donors (Lipinski definition) is 2. The van der Waals surface area contributed by atoms with Gasteiger partial charge in [-0.15, -0.1) is 11.3 Å². The van der Waals surface area contributed by atoms with E-state index in [1.807, 2.05) is 24.4 Å². The Kier molecular flexibility index (Phi) is 6.24. The molecule has 0 saturated heterocycles. The van der Waals surface area contributed by atoms with Gasteiger partial charge in [-0.05, 0) is 37.8 Å². The molecule has 0 aliphatic heterocycles. The Morgan fingerprint density at radius 3 is 2.83 bits per heavy atom. The first-order valence-electron chi connectivity index (χ1n) is 5.91. The third-order valence-corrected chi connectivity index (χ3v) is 5.13. The van der Waals surface area contributed by atoms with Gasteiger partial charge in [-0.25, -0.2) is 0 Å². The lowest BCUT2D eigenvalue weighted by atomic mass is 10.2. The van der Waals surface area contributed by atoms with Gasteiger partial charge in [0.25, 0.3) is 10.2 Å². The number of thiophene rings is 1. The lowest BCUT2D eigenvalue weighted by Crippen LogP contribution is -2.43. The van der Waals surface area contributed by atoms with E-state index in [-0.39, 0.29) is 6.04 Å². The molecule has 18 heavy (non-hydrogen) atoms. The summed E-state index contributed by atoms with van der Waals surface area (Å²) in [5.74, 6) is 0. The number of rotatable bonds is 8. The molecule has 0 fully saturated rings. The molecule has 104 valence electrons. The molecule has 0 aliphatic rings. The molecule has 1 unspecified atom stereocenters. The second-order valence-corrected chi connectivity index (χ2v) is 7.11. The Morgan fingerprint density at radius 2 is 2.28 bits per heavy atom. The molecule has 3 N–H and O–H groups in total. The first-order chi connectivity index (χ1) is 8.45. The zero-order chi connectivity index (χ0) is 13.6. The molecule has 1 atom stereocenters. The summed E-state index contributed by atoms with van der Waals surface area (Å²) in [6.07, 6.45) is 1.37. The highest BCUT2D eigenvalue weighted by Gasteiger charge is 2.19. The Bertz CT molecular complexity index is 431. The summed E-state index contributed by atoms with van der Waals surface area (Å²) >= 11 is 1.63. The van der Waals surface area contributed by atoms with Gasteiger partial charge in [0.2, 0.25) is 0 Å². The Morgan fingerprint density at radius 1 is 1.56 bits per heavy atom. The van der Waals surface area contributed by atoms with Crippen molar-refractivity contribution in [3.05, 3.63) is 22.4 Å². The van der Waals surface area contributed by atoms with E-state index in [2.05, 4.69) is 4.72 Å². The molecule has 0 spiro atoms. The zero-order valence-electron chi connectivity index (χ0n) is 10.8. The topological polar surface area (TPSA) is 75.4 Å². The molecule has 0 aliphatic carbocycles. The van der Waals surface area contributed by atoms with Gasteiger partial charge >= 0.3 is 0 Å². The maximum Gasteiger partial charge on any atom is 0.279 e. The van der Waals surface area contributed by atoms with E-state index in [0.717, 1.165) is 0 Å². The van der Waals surface area contributed by atoms with Crippen LogP contribution in [0.25, 0.3) is 0 Å². The van der Waals surface area contributed by atoms with Crippen LogP contribution in [0, 0.1) is 0 Å². The highest BCUT2D eigenvalue weighted by Crippen LogP contribution is 2.11. The van der Waals surface area contributed by atoms with Crippen LogP contribution in [0.15, 0.2) is 17.5 Å². The van der Waals surface area contributed by atoms with Crippen LogP contribution in [0.4, 0.5) is 0 Å². The second kappa shape index (κ2) is 7.20. The molecule has 0 radical (unpaired) electrons. The Balaban J connectivity index is 2.49. The van der Waals surface area contributed by atoms with Crippen LogP contribution in [-0.4, -0.2) is 38.9 Å². The van der Waals surface area contributed by atoms with E-state index in [9.17, 15) is 8.42 Å². The van der Waals surface area contributed by atoms with Crippen molar-refractivity contribution in [2.45, 2.75) is 25.8 Å². The lowest BCUT2D eigenvalue weighted by molar-refractivity contribution is 0.444. The largest absolute Gasteiger partial charge is 0.330 e. The fraction of sp³-hybridized carbons (Fsp3) is 0.636. The maximum absolute atomic E-state index is 12.0. The van der Waals surface area contributed by atoms with E-state index >= 15 is 0 Å². The molecule has 0 aromatic carbocycles. The van der Waals surface area contributed by atoms with Crippen molar-refractivity contribution in [2.75, 3.05) is 20.1 Å². The summed E-state index contributed by atoms with van der Waals surface area (Å²) in [7, 11) is -1.84. The maximum atomic E-state index is 12.0. The standard InChI is InChI=1S/C11H21N3O2S2/c1-10(9-11-5-3-8-17-11)13-18(15,16)14(2)7-4-6-12/h3,5,8,10,13H,4,6-7,9,12H2,1-2H3. The average molecular weight is 291 g/mol. The molecule has 5 nitrogen and oxygen atoms in total. The Labute approximate surface area is 113 Å². The lowest BCUT2D eigenvalue weighted by Gasteiger charge is -2.20. The Hall–Kier alpha value is -0.470. The number of nitrogens with zero attached hydrogens (tertiary/aromatic N) is 1. The van der Waals surface area contributed by atoms with E-state index < -0.39 is 10.2 Å². The number of nitrogens with one attached hydrogen (secondary N) is 1. The van der Waals surface area contributed by atoms with Crippen LogP contribution in [-0.2, 0) is 16.6 Å². The summed E-state index contributed by atoms with van der Waals surface area (Å²) in [5.41, 5.74) is 5.37. The molecular formula is C11H21N3O2S2. The summed E-state index contributed by atoms with van der Waals surface area (Å²) in [6.45, 7) is 2.80. The van der Waals surface area contributed by atoms with Crippen LogP contribution in [0.1, 0.15) is 18.2 Å². The molecule has 1 rings (SSSR count).